The summed E-state index contributed by atoms with van der Waals surface area (Å²) in [7, 11) is 1.81. The third-order valence-corrected chi connectivity index (χ3v) is 4.60. The zero-order valence-corrected chi connectivity index (χ0v) is 13.5. The molecule has 7 nitrogen and oxygen atoms in total. The van der Waals surface area contributed by atoms with E-state index < -0.39 is 11.9 Å². The summed E-state index contributed by atoms with van der Waals surface area (Å²) < 4.78 is 1.68. The van der Waals surface area contributed by atoms with Crippen molar-refractivity contribution in [2.75, 3.05) is 6.54 Å². The van der Waals surface area contributed by atoms with E-state index in [1.807, 2.05) is 20.9 Å². The van der Waals surface area contributed by atoms with Crippen molar-refractivity contribution in [3.63, 3.8) is 0 Å². The third kappa shape index (κ3) is 2.67. The molecule has 23 heavy (non-hydrogen) atoms. The Labute approximate surface area is 133 Å². The Morgan fingerprint density at radius 2 is 2.09 bits per heavy atom. The number of aryl methyl sites for hydroxylation is 2. The van der Waals surface area contributed by atoms with Gasteiger partial charge < -0.3 is 10.0 Å². The fraction of sp³-hybridized carbons (Fsp3) is 0.500. The Hall–Kier alpha value is -2.44. The molecule has 1 aliphatic heterocycles. The Morgan fingerprint density at radius 3 is 2.78 bits per heavy atom. The number of aliphatic carboxylic acids is 1. The lowest BCUT2D eigenvalue weighted by atomic mass is 9.93. The zero-order valence-electron chi connectivity index (χ0n) is 13.5. The number of hydrogen-bond donors (Lipinski definition) is 1. The average Bonchev–Trinajstić information content (AvgIpc) is 2.81. The van der Waals surface area contributed by atoms with Gasteiger partial charge in [-0.05, 0) is 32.8 Å². The molecular weight excluding hydrogens is 296 g/mol. The summed E-state index contributed by atoms with van der Waals surface area (Å²) in [5, 5.41) is 14.4. The van der Waals surface area contributed by atoms with Gasteiger partial charge in [0, 0.05) is 31.2 Å². The highest BCUT2D eigenvalue weighted by Crippen LogP contribution is 2.25. The number of likely N-dealkylation sites (tertiary alicyclic amines) is 1. The molecule has 1 fully saturated rings. The van der Waals surface area contributed by atoms with Gasteiger partial charge in [-0.1, -0.05) is 0 Å². The molecule has 0 spiro atoms. The molecule has 2 aromatic rings. The number of carboxylic acids is 1. The van der Waals surface area contributed by atoms with Crippen LogP contribution in [0.25, 0.3) is 11.0 Å². The van der Waals surface area contributed by atoms with Gasteiger partial charge in [0.1, 0.15) is 0 Å². The van der Waals surface area contributed by atoms with E-state index in [1.165, 1.54) is 0 Å². The molecule has 0 saturated carbocycles. The summed E-state index contributed by atoms with van der Waals surface area (Å²) in [6, 6.07) is 1.83. The second-order valence-corrected chi connectivity index (χ2v) is 6.22. The van der Waals surface area contributed by atoms with Crippen LogP contribution >= 0.6 is 0 Å². The van der Waals surface area contributed by atoms with E-state index in [1.54, 1.807) is 21.8 Å². The van der Waals surface area contributed by atoms with Crippen LogP contribution in [-0.4, -0.2) is 49.2 Å². The topological polar surface area (TPSA) is 88.3 Å². The van der Waals surface area contributed by atoms with Crippen LogP contribution in [0.5, 0.6) is 0 Å². The molecule has 0 bridgehead atoms. The number of fused-ring (bicyclic) bond motifs is 1. The van der Waals surface area contributed by atoms with Crippen molar-refractivity contribution in [1.29, 1.82) is 0 Å². The molecule has 2 aromatic heterocycles. The number of aromatic nitrogens is 3. The van der Waals surface area contributed by atoms with Gasteiger partial charge in [0.05, 0.1) is 17.2 Å². The fourth-order valence-electron chi connectivity index (χ4n) is 3.18. The lowest BCUT2D eigenvalue weighted by Crippen LogP contribution is -2.47. The number of rotatable bonds is 2. The van der Waals surface area contributed by atoms with Crippen LogP contribution in [0.2, 0.25) is 0 Å². The molecule has 2 atom stereocenters. The Morgan fingerprint density at radius 1 is 1.35 bits per heavy atom. The van der Waals surface area contributed by atoms with Gasteiger partial charge in [0.25, 0.3) is 5.91 Å². The van der Waals surface area contributed by atoms with E-state index in [0.29, 0.717) is 18.4 Å². The summed E-state index contributed by atoms with van der Waals surface area (Å²) >= 11 is 0. The molecule has 7 heteroatoms. The molecule has 1 N–H and O–H groups in total. The number of nitrogens with zero attached hydrogens (tertiary/aromatic N) is 4. The van der Waals surface area contributed by atoms with Gasteiger partial charge in [-0.15, -0.1) is 0 Å². The lowest BCUT2D eigenvalue weighted by molar-refractivity contribution is -0.143. The number of amides is 1. The molecule has 1 saturated heterocycles. The van der Waals surface area contributed by atoms with E-state index in [9.17, 15) is 14.7 Å². The van der Waals surface area contributed by atoms with Crippen LogP contribution in [0, 0.1) is 12.8 Å². The maximum Gasteiger partial charge on any atom is 0.308 e. The standard InChI is InChI=1S/C16H20N4O3/c1-9-4-5-11(16(22)23)8-20(9)15(21)12-6-13-10(2)18-19(3)14(13)17-7-12/h6-7,9,11H,4-5,8H2,1-3H3,(H,22,23)/t9-,11+/m1/s1. The molecular formula is C16H20N4O3. The normalized spacial score (nSPS) is 21.6. The fourth-order valence-corrected chi connectivity index (χ4v) is 3.18. The largest absolute Gasteiger partial charge is 0.481 e. The number of carbonyl (C=O) groups excluding carboxylic acids is 1. The van der Waals surface area contributed by atoms with Crippen LogP contribution in [-0.2, 0) is 11.8 Å². The highest BCUT2D eigenvalue weighted by molar-refractivity contribution is 5.97. The van der Waals surface area contributed by atoms with Crippen LogP contribution in [0.4, 0.5) is 0 Å². The summed E-state index contributed by atoms with van der Waals surface area (Å²) in [5.41, 5.74) is 2.03. The second-order valence-electron chi connectivity index (χ2n) is 6.22. The summed E-state index contributed by atoms with van der Waals surface area (Å²) in [4.78, 5) is 30.0. The number of piperidine rings is 1. The van der Waals surface area contributed by atoms with Crippen LogP contribution in [0.3, 0.4) is 0 Å². The van der Waals surface area contributed by atoms with Crippen molar-refractivity contribution in [3.05, 3.63) is 23.5 Å². The first kappa shape index (κ1) is 15.5. The third-order valence-electron chi connectivity index (χ3n) is 4.60. The summed E-state index contributed by atoms with van der Waals surface area (Å²) in [6.07, 6.45) is 2.85. The number of carbonyl (C=O) groups is 2. The average molecular weight is 316 g/mol. The van der Waals surface area contributed by atoms with Crippen molar-refractivity contribution in [2.24, 2.45) is 13.0 Å². The van der Waals surface area contributed by atoms with Gasteiger partial charge in [-0.25, -0.2) is 4.98 Å². The number of pyridine rings is 1. The number of carboxylic acid groups (broad SMARTS) is 1. The first-order valence-electron chi connectivity index (χ1n) is 7.71. The smallest absolute Gasteiger partial charge is 0.308 e. The van der Waals surface area contributed by atoms with E-state index in [4.69, 9.17) is 0 Å². The van der Waals surface area contributed by atoms with Crippen LogP contribution < -0.4 is 0 Å². The number of hydrogen-bond acceptors (Lipinski definition) is 4. The molecule has 0 unspecified atom stereocenters. The van der Waals surface area contributed by atoms with Gasteiger partial charge >= 0.3 is 5.97 Å². The highest BCUT2D eigenvalue weighted by atomic mass is 16.4. The van der Waals surface area contributed by atoms with Crippen LogP contribution in [0.1, 0.15) is 35.8 Å². The first-order valence-corrected chi connectivity index (χ1v) is 7.71. The van der Waals surface area contributed by atoms with E-state index >= 15 is 0 Å². The predicted octanol–water partition coefficient (Wildman–Crippen LogP) is 1.60. The Bertz CT molecular complexity index is 783. The maximum atomic E-state index is 12.8. The molecule has 122 valence electrons. The van der Waals surface area contributed by atoms with Crippen molar-refractivity contribution in [3.8, 4) is 0 Å². The van der Waals surface area contributed by atoms with Crippen molar-refractivity contribution < 1.29 is 14.7 Å². The molecule has 3 heterocycles. The van der Waals surface area contributed by atoms with Crippen LogP contribution in [0.15, 0.2) is 12.3 Å². The van der Waals surface area contributed by atoms with E-state index in [0.717, 1.165) is 16.7 Å². The summed E-state index contributed by atoms with van der Waals surface area (Å²) in [5.74, 6) is -1.50. The van der Waals surface area contributed by atoms with Gasteiger partial charge in [-0.2, -0.15) is 5.10 Å². The lowest BCUT2D eigenvalue weighted by Gasteiger charge is -2.36. The highest BCUT2D eigenvalue weighted by Gasteiger charge is 2.33. The minimum atomic E-state index is -0.841. The molecule has 1 amide bonds. The minimum absolute atomic E-state index is 0.0313. The molecule has 0 radical (unpaired) electrons. The van der Waals surface area contributed by atoms with Crippen molar-refractivity contribution in [1.82, 2.24) is 19.7 Å². The maximum absolute atomic E-state index is 12.8. The van der Waals surface area contributed by atoms with Gasteiger partial charge in [0.2, 0.25) is 0 Å². The van der Waals surface area contributed by atoms with E-state index in [2.05, 4.69) is 10.1 Å². The summed E-state index contributed by atoms with van der Waals surface area (Å²) in [6.45, 7) is 4.08. The van der Waals surface area contributed by atoms with Crippen molar-refractivity contribution >= 4 is 22.9 Å². The predicted molar refractivity (Wildman–Crippen MR) is 84.1 cm³/mol. The Kier molecular flexibility index (Phi) is 3.79. The molecule has 0 aromatic carbocycles. The minimum Gasteiger partial charge on any atom is -0.481 e. The molecule has 1 aliphatic rings. The van der Waals surface area contributed by atoms with Crippen molar-refractivity contribution in [2.45, 2.75) is 32.7 Å². The first-order chi connectivity index (χ1) is 10.9. The quantitative estimate of drug-likeness (QED) is 0.909. The monoisotopic (exact) mass is 316 g/mol. The Balaban J connectivity index is 1.92. The second kappa shape index (κ2) is 5.64. The van der Waals surface area contributed by atoms with E-state index in [-0.39, 0.29) is 18.5 Å². The molecule has 3 rings (SSSR count). The SMILES string of the molecule is Cc1nn(C)c2ncc(C(=O)N3C[C@@H](C(=O)O)CC[C@H]3C)cc12. The molecule has 0 aliphatic carbocycles. The van der Waals surface area contributed by atoms with Gasteiger partial charge in [-0.3, -0.25) is 14.3 Å². The van der Waals surface area contributed by atoms with Gasteiger partial charge in [0.15, 0.2) is 5.65 Å². The zero-order chi connectivity index (χ0) is 16.7.